The predicted molar refractivity (Wildman–Crippen MR) is 267 cm³/mol. The minimum absolute atomic E-state index is 0.194. The summed E-state index contributed by atoms with van der Waals surface area (Å²) >= 11 is -4.64. The van der Waals surface area contributed by atoms with Gasteiger partial charge in [-0.05, 0) is 0 Å². The molecule has 0 saturated heterocycles. The van der Waals surface area contributed by atoms with Gasteiger partial charge in [0.2, 0.25) is 0 Å². The molecule has 3 N–H and O–H groups in total. The van der Waals surface area contributed by atoms with Gasteiger partial charge >= 0.3 is 271 Å². The van der Waals surface area contributed by atoms with Crippen molar-refractivity contribution in [3.63, 3.8) is 0 Å². The van der Waals surface area contributed by atoms with Crippen molar-refractivity contribution < 1.29 is 38.1 Å². The van der Waals surface area contributed by atoms with Crippen LogP contribution in [0.5, 0.6) is 0 Å². The van der Waals surface area contributed by atoms with Gasteiger partial charge in [0.1, 0.15) is 0 Å². The average Bonchev–Trinajstić information content (AvgIpc) is 3.28. The first kappa shape index (κ1) is 63.2. The van der Waals surface area contributed by atoms with Gasteiger partial charge in [-0.15, -0.1) is 0 Å². The van der Waals surface area contributed by atoms with Gasteiger partial charge in [0.15, 0.2) is 0 Å². The second-order valence-corrected chi connectivity index (χ2v) is 23.0. The monoisotopic (exact) mass is 1110 g/mol. The first-order chi connectivity index (χ1) is 31.3. The van der Waals surface area contributed by atoms with Gasteiger partial charge in [0.05, 0.1) is 0 Å². The SMILES string of the molecule is CCCCCCCCCCCCCCCCC(O)C(=O)[O][Bi]([O]C(=O)C(O)CCCCCCCCCCCCCCCC)[O]C(=O)C(O)CCCCCCCCCCCCCCCC. The van der Waals surface area contributed by atoms with Crippen molar-refractivity contribution in [3.05, 3.63) is 0 Å². The summed E-state index contributed by atoms with van der Waals surface area (Å²) in [5, 5.41) is 31.8. The smallest absolute Gasteiger partial charge is 0.0654 e. The molecule has 0 aliphatic heterocycles. The summed E-state index contributed by atoms with van der Waals surface area (Å²) in [6, 6.07) is 0. The van der Waals surface area contributed by atoms with Gasteiger partial charge in [-0.25, -0.2) is 0 Å². The molecule has 0 aromatic carbocycles. The molecule has 0 aromatic rings. The summed E-state index contributed by atoms with van der Waals surface area (Å²) in [6.45, 7) is 6.75. The zero-order chi connectivity index (χ0) is 47.0. The third-order valence-electron chi connectivity index (χ3n) is 12.8. The normalized spacial score (nSPS) is 13.0. The van der Waals surface area contributed by atoms with Crippen LogP contribution in [-0.2, 0) is 22.8 Å². The molecule has 0 aliphatic rings. The zero-order valence-corrected chi connectivity index (χ0v) is 45.8. The van der Waals surface area contributed by atoms with E-state index in [-0.39, 0.29) is 19.3 Å². The maximum atomic E-state index is 12.9. The van der Waals surface area contributed by atoms with Crippen LogP contribution in [0.4, 0.5) is 0 Å². The molecule has 3 atom stereocenters. The minimum atomic E-state index is -4.64. The third-order valence-corrected chi connectivity index (χ3v) is 16.6. The molecule has 0 saturated carbocycles. The standard InChI is InChI=1S/3C18H36O3.Bi/c3*1-2-3-4-5-6-7-8-9-10-11-12-13-14-15-16-17(19)18(20)21;/h3*17,19H,2-16H2,1H3,(H,20,21);/q;;;+3/p-3. The van der Waals surface area contributed by atoms with Crippen LogP contribution in [-0.4, -0.2) is 74.6 Å². The minimum Gasteiger partial charge on any atom is -0.0654 e. The van der Waals surface area contributed by atoms with E-state index in [4.69, 9.17) is 8.44 Å². The summed E-state index contributed by atoms with van der Waals surface area (Å²) < 4.78 is 16.2. The van der Waals surface area contributed by atoms with E-state index in [1.165, 1.54) is 193 Å². The Morgan fingerprint density at radius 3 is 0.578 bits per heavy atom. The van der Waals surface area contributed by atoms with Crippen LogP contribution in [0, 0.1) is 0 Å². The molecule has 380 valence electrons. The topological polar surface area (TPSA) is 140 Å². The second-order valence-electron chi connectivity index (χ2n) is 19.2. The Hall–Kier alpha value is -0.827. The van der Waals surface area contributed by atoms with Gasteiger partial charge in [-0.2, -0.15) is 0 Å². The number of carbonyl (C=O) groups excluding carboxylic acids is 3. The van der Waals surface area contributed by atoms with Crippen molar-refractivity contribution in [1.82, 2.24) is 0 Å². The van der Waals surface area contributed by atoms with E-state index in [1.54, 1.807) is 0 Å². The van der Waals surface area contributed by atoms with E-state index in [1.807, 2.05) is 0 Å². The number of hydrogen-bond acceptors (Lipinski definition) is 9. The van der Waals surface area contributed by atoms with E-state index in [2.05, 4.69) is 20.8 Å². The molecule has 64 heavy (non-hydrogen) atoms. The quantitative estimate of drug-likeness (QED) is 0.0401. The maximum absolute atomic E-state index is 12.9. The van der Waals surface area contributed by atoms with E-state index < -0.39 is 59.3 Å². The van der Waals surface area contributed by atoms with Crippen LogP contribution in [0.2, 0.25) is 0 Å². The molecule has 0 fully saturated rings. The van der Waals surface area contributed by atoms with Crippen molar-refractivity contribution in [3.8, 4) is 0 Å². The fourth-order valence-electron chi connectivity index (χ4n) is 8.41. The molecule has 0 spiro atoms. The molecule has 0 heterocycles. The van der Waals surface area contributed by atoms with Crippen LogP contribution < -0.4 is 0 Å². The summed E-state index contributed by atoms with van der Waals surface area (Å²) in [4.78, 5) is 38.8. The fraction of sp³-hybridized carbons (Fsp3) is 0.944. The Morgan fingerprint density at radius 2 is 0.422 bits per heavy atom. The molecule has 0 rings (SSSR count). The van der Waals surface area contributed by atoms with Crippen molar-refractivity contribution in [2.24, 2.45) is 0 Å². The van der Waals surface area contributed by atoms with Crippen LogP contribution in [0.3, 0.4) is 0 Å². The number of aliphatic hydroxyl groups excluding tert-OH is 3. The van der Waals surface area contributed by atoms with E-state index in [0.29, 0.717) is 19.3 Å². The fourth-order valence-corrected chi connectivity index (χ4v) is 12.0. The number of hydrogen-bond donors (Lipinski definition) is 3. The van der Waals surface area contributed by atoms with Crippen molar-refractivity contribution in [1.29, 1.82) is 0 Å². The van der Waals surface area contributed by atoms with E-state index >= 15 is 0 Å². The van der Waals surface area contributed by atoms with Gasteiger partial charge in [-0.1, -0.05) is 136 Å². The molecule has 3 unspecified atom stereocenters. The Balaban J connectivity index is 4.66. The number of unbranched alkanes of at least 4 members (excludes halogenated alkanes) is 39. The van der Waals surface area contributed by atoms with E-state index in [0.717, 1.165) is 57.8 Å². The molecule has 0 radical (unpaired) electrons. The van der Waals surface area contributed by atoms with Crippen LogP contribution in [0.1, 0.15) is 310 Å². The zero-order valence-electron chi connectivity index (χ0n) is 42.3. The Bertz CT molecular complexity index is 890. The second kappa shape index (κ2) is 50.1. The van der Waals surface area contributed by atoms with Crippen molar-refractivity contribution in [2.45, 2.75) is 328 Å². The molecule has 0 bridgehead atoms. The van der Waals surface area contributed by atoms with Gasteiger partial charge in [0, 0.05) is 0 Å². The Kier molecular flexibility index (Phi) is 49.4. The Labute approximate surface area is 405 Å². The number of carbonyl (C=O) groups is 3. The summed E-state index contributed by atoms with van der Waals surface area (Å²) in [5.74, 6) is -2.97. The molecular formula is C54H105BiO9. The first-order valence-corrected chi connectivity index (χ1v) is 32.0. The summed E-state index contributed by atoms with van der Waals surface area (Å²) in [6.07, 6.45) is 46.6. The molecule has 0 amide bonds. The van der Waals surface area contributed by atoms with Gasteiger partial charge in [0.25, 0.3) is 0 Å². The van der Waals surface area contributed by atoms with Crippen LogP contribution in [0.25, 0.3) is 0 Å². The average molecular weight is 1110 g/mol. The van der Waals surface area contributed by atoms with Gasteiger partial charge < -0.3 is 0 Å². The molecular weight excluding hydrogens is 1000 g/mol. The number of rotatable bonds is 51. The molecule has 10 heteroatoms. The molecule has 0 aromatic heterocycles. The molecule has 0 aliphatic carbocycles. The van der Waals surface area contributed by atoms with Crippen LogP contribution >= 0.6 is 0 Å². The van der Waals surface area contributed by atoms with Gasteiger partial charge in [-0.3, -0.25) is 0 Å². The third kappa shape index (κ3) is 43.7. The van der Waals surface area contributed by atoms with Crippen molar-refractivity contribution >= 4 is 41.0 Å². The number of aliphatic hydroxyl groups is 3. The van der Waals surface area contributed by atoms with Crippen LogP contribution in [0.15, 0.2) is 0 Å². The Morgan fingerprint density at radius 1 is 0.281 bits per heavy atom. The predicted octanol–water partition coefficient (Wildman–Crippen LogP) is 15.3. The van der Waals surface area contributed by atoms with Crippen molar-refractivity contribution in [2.75, 3.05) is 0 Å². The van der Waals surface area contributed by atoms with E-state index in [9.17, 15) is 29.7 Å². The molecule has 9 nitrogen and oxygen atoms in total. The first-order valence-electron chi connectivity index (χ1n) is 27.8. The summed E-state index contributed by atoms with van der Waals surface area (Å²) in [7, 11) is 0. The summed E-state index contributed by atoms with van der Waals surface area (Å²) in [5.41, 5.74) is 0.